The lowest BCUT2D eigenvalue weighted by molar-refractivity contribution is -0.137. The summed E-state index contributed by atoms with van der Waals surface area (Å²) in [7, 11) is 0. The molecule has 24 heavy (non-hydrogen) atoms. The van der Waals surface area contributed by atoms with Crippen LogP contribution in [0.4, 0.5) is 13.2 Å². The molecule has 0 fully saturated rings. The molecule has 0 radical (unpaired) electrons. The van der Waals surface area contributed by atoms with Crippen LogP contribution in [0.2, 0.25) is 0 Å². The van der Waals surface area contributed by atoms with E-state index in [0.717, 1.165) is 31.7 Å². The molecule has 3 nitrogen and oxygen atoms in total. The zero-order chi connectivity index (χ0) is 16.6. The highest BCUT2D eigenvalue weighted by molar-refractivity contribution is 5.85. The Bertz CT molecular complexity index is 490. The molecular formula is C16H26Cl2F3N3. The first kappa shape index (κ1) is 25.3. The Morgan fingerprint density at radius 2 is 1.83 bits per heavy atom. The van der Waals surface area contributed by atoms with E-state index in [9.17, 15) is 13.2 Å². The van der Waals surface area contributed by atoms with Crippen LogP contribution in [-0.2, 0) is 12.6 Å². The molecule has 0 aliphatic carbocycles. The lowest BCUT2D eigenvalue weighted by Gasteiger charge is -2.15. The molecule has 0 aliphatic rings. The SMILES string of the molecule is CC(N)=NC(CCCCCN)Cc1cccc(C(F)(F)F)c1.Cl.Cl. The summed E-state index contributed by atoms with van der Waals surface area (Å²) in [6.45, 7) is 2.34. The van der Waals surface area contributed by atoms with Crippen LogP contribution in [0.25, 0.3) is 0 Å². The molecule has 1 aromatic rings. The van der Waals surface area contributed by atoms with Crippen LogP contribution < -0.4 is 11.5 Å². The average molecular weight is 388 g/mol. The van der Waals surface area contributed by atoms with Gasteiger partial charge in [0.2, 0.25) is 0 Å². The lowest BCUT2D eigenvalue weighted by atomic mass is 9.99. The van der Waals surface area contributed by atoms with E-state index < -0.39 is 11.7 Å². The Balaban J connectivity index is 0. The van der Waals surface area contributed by atoms with Gasteiger partial charge in [-0.25, -0.2) is 0 Å². The number of hydrogen-bond donors (Lipinski definition) is 2. The van der Waals surface area contributed by atoms with Crippen molar-refractivity contribution in [3.8, 4) is 0 Å². The number of halogens is 5. The molecule has 1 rings (SSSR count). The van der Waals surface area contributed by atoms with E-state index in [1.165, 1.54) is 12.1 Å². The van der Waals surface area contributed by atoms with Crippen molar-refractivity contribution in [2.24, 2.45) is 16.5 Å². The van der Waals surface area contributed by atoms with Crippen molar-refractivity contribution in [1.29, 1.82) is 0 Å². The summed E-state index contributed by atoms with van der Waals surface area (Å²) >= 11 is 0. The van der Waals surface area contributed by atoms with Gasteiger partial charge in [0, 0.05) is 0 Å². The van der Waals surface area contributed by atoms with Gasteiger partial charge in [-0.05, 0) is 44.4 Å². The summed E-state index contributed by atoms with van der Waals surface area (Å²) in [6, 6.07) is 5.31. The van der Waals surface area contributed by atoms with E-state index >= 15 is 0 Å². The third kappa shape index (κ3) is 10.0. The first-order valence-electron chi connectivity index (χ1n) is 7.49. The Labute approximate surface area is 153 Å². The largest absolute Gasteiger partial charge is 0.416 e. The Morgan fingerprint density at radius 1 is 1.17 bits per heavy atom. The van der Waals surface area contributed by atoms with Gasteiger partial charge in [-0.1, -0.05) is 31.0 Å². The summed E-state index contributed by atoms with van der Waals surface area (Å²) in [4.78, 5) is 4.34. The molecule has 0 spiro atoms. The van der Waals surface area contributed by atoms with Crippen molar-refractivity contribution in [3.63, 3.8) is 0 Å². The van der Waals surface area contributed by atoms with Gasteiger partial charge in [0.1, 0.15) is 0 Å². The fourth-order valence-electron chi connectivity index (χ4n) is 2.35. The number of hydrogen-bond acceptors (Lipinski definition) is 2. The number of alkyl halides is 3. The van der Waals surface area contributed by atoms with Gasteiger partial charge in [-0.2, -0.15) is 13.2 Å². The molecule has 140 valence electrons. The van der Waals surface area contributed by atoms with Crippen molar-refractivity contribution in [1.82, 2.24) is 0 Å². The number of benzene rings is 1. The van der Waals surface area contributed by atoms with Crippen molar-refractivity contribution in [3.05, 3.63) is 35.4 Å². The maximum absolute atomic E-state index is 12.7. The second kappa shape index (κ2) is 12.4. The van der Waals surface area contributed by atoms with Crippen LogP contribution >= 0.6 is 24.8 Å². The average Bonchev–Trinajstić information content (AvgIpc) is 2.42. The molecule has 8 heteroatoms. The zero-order valence-corrected chi connectivity index (χ0v) is 15.3. The number of nitrogens with zero attached hydrogens (tertiary/aromatic N) is 1. The van der Waals surface area contributed by atoms with Crippen LogP contribution in [0, 0.1) is 0 Å². The van der Waals surface area contributed by atoms with E-state index in [2.05, 4.69) is 4.99 Å². The van der Waals surface area contributed by atoms with Gasteiger partial charge in [0.25, 0.3) is 0 Å². The topological polar surface area (TPSA) is 64.4 Å². The lowest BCUT2D eigenvalue weighted by Crippen LogP contribution is -2.16. The second-order valence-electron chi connectivity index (χ2n) is 5.46. The van der Waals surface area contributed by atoms with Crippen molar-refractivity contribution in [2.45, 2.75) is 51.2 Å². The standard InChI is InChI=1S/C16H24F3N3.2ClH/c1-12(21)22-15(8-3-2-4-9-20)11-13-6-5-7-14(10-13)16(17,18)19;;/h5-7,10,15H,2-4,8-9,11,20H2,1H3,(H2,21,22);2*1H. The minimum absolute atomic E-state index is 0. The van der Waals surface area contributed by atoms with Crippen LogP contribution in [-0.4, -0.2) is 18.4 Å². The smallest absolute Gasteiger partial charge is 0.388 e. The van der Waals surface area contributed by atoms with Crippen molar-refractivity contribution in [2.75, 3.05) is 6.54 Å². The highest BCUT2D eigenvalue weighted by atomic mass is 35.5. The van der Waals surface area contributed by atoms with Crippen molar-refractivity contribution < 1.29 is 13.2 Å². The summed E-state index contributed by atoms with van der Waals surface area (Å²) in [5.41, 5.74) is 11.1. The molecule has 4 N–H and O–H groups in total. The Hall–Kier alpha value is -0.980. The number of amidine groups is 1. The van der Waals surface area contributed by atoms with Gasteiger partial charge >= 0.3 is 6.18 Å². The summed E-state index contributed by atoms with van der Waals surface area (Å²) in [5.74, 6) is 0.454. The maximum atomic E-state index is 12.7. The van der Waals surface area contributed by atoms with Gasteiger partial charge in [-0.3, -0.25) is 4.99 Å². The second-order valence-corrected chi connectivity index (χ2v) is 5.46. The number of unbranched alkanes of at least 4 members (excludes halogenated alkanes) is 2. The first-order valence-corrected chi connectivity index (χ1v) is 7.49. The normalized spacial score (nSPS) is 13.0. The van der Waals surface area contributed by atoms with Gasteiger partial charge in [0.05, 0.1) is 17.4 Å². The fourth-order valence-corrected chi connectivity index (χ4v) is 2.35. The van der Waals surface area contributed by atoms with Crippen LogP contribution in [0.1, 0.15) is 43.7 Å². The molecule has 0 saturated carbocycles. The molecule has 0 saturated heterocycles. The molecule has 1 unspecified atom stereocenters. The van der Waals surface area contributed by atoms with Crippen LogP contribution in [0.5, 0.6) is 0 Å². The Kier molecular flexibility index (Phi) is 13.0. The van der Waals surface area contributed by atoms with Gasteiger partial charge < -0.3 is 11.5 Å². The molecule has 0 bridgehead atoms. The highest BCUT2D eigenvalue weighted by Gasteiger charge is 2.30. The minimum Gasteiger partial charge on any atom is -0.388 e. The van der Waals surface area contributed by atoms with Gasteiger partial charge in [0.15, 0.2) is 0 Å². The van der Waals surface area contributed by atoms with Gasteiger partial charge in [-0.15, -0.1) is 24.8 Å². The molecule has 0 aliphatic heterocycles. The van der Waals surface area contributed by atoms with Crippen LogP contribution in [0.15, 0.2) is 29.3 Å². The summed E-state index contributed by atoms with van der Waals surface area (Å²) in [6.07, 6.45) is -0.181. The van der Waals surface area contributed by atoms with E-state index in [-0.39, 0.29) is 30.9 Å². The molecule has 1 atom stereocenters. The fraction of sp³-hybridized carbons (Fsp3) is 0.562. The predicted molar refractivity (Wildman–Crippen MR) is 98.3 cm³/mol. The maximum Gasteiger partial charge on any atom is 0.416 e. The third-order valence-corrected chi connectivity index (χ3v) is 3.35. The quantitative estimate of drug-likeness (QED) is 0.395. The molecule has 0 amide bonds. The number of aliphatic imine (C=N–C) groups is 1. The minimum atomic E-state index is -4.32. The summed E-state index contributed by atoms with van der Waals surface area (Å²) < 4.78 is 38.2. The number of rotatable bonds is 8. The Morgan fingerprint density at radius 3 is 2.38 bits per heavy atom. The molecular weight excluding hydrogens is 362 g/mol. The molecule has 0 heterocycles. The van der Waals surface area contributed by atoms with E-state index in [4.69, 9.17) is 11.5 Å². The zero-order valence-electron chi connectivity index (χ0n) is 13.7. The highest BCUT2D eigenvalue weighted by Crippen LogP contribution is 2.30. The first-order chi connectivity index (χ1) is 10.3. The third-order valence-electron chi connectivity index (χ3n) is 3.35. The van der Waals surface area contributed by atoms with E-state index in [0.29, 0.717) is 24.4 Å². The molecule has 1 aromatic carbocycles. The predicted octanol–water partition coefficient (Wildman–Crippen LogP) is 4.36. The number of nitrogens with two attached hydrogens (primary N) is 2. The monoisotopic (exact) mass is 387 g/mol. The summed E-state index contributed by atoms with van der Waals surface area (Å²) in [5, 5.41) is 0. The van der Waals surface area contributed by atoms with Crippen molar-refractivity contribution >= 4 is 30.6 Å². The van der Waals surface area contributed by atoms with E-state index in [1.54, 1.807) is 13.0 Å². The van der Waals surface area contributed by atoms with Crippen LogP contribution in [0.3, 0.4) is 0 Å². The molecule has 0 aromatic heterocycles. The van der Waals surface area contributed by atoms with E-state index in [1.807, 2.05) is 0 Å².